The second-order valence-corrected chi connectivity index (χ2v) is 9.88. The molecule has 31 heavy (non-hydrogen) atoms. The summed E-state index contributed by atoms with van der Waals surface area (Å²) in [6, 6.07) is 0. The van der Waals surface area contributed by atoms with Crippen LogP contribution < -0.4 is 15.3 Å². The standard InChI is InChI=1S/C14H20N4O11P2/c19-10-8-5-27-31(24,25)29-30(22,23)26-4-2-1-3-17-6-15-9-12(17)16-7-18(13(9)21)14(28-8)11(10)20/h6-8,10-11,14,19-20H,1-5H2,(H,22,23)(H,24,25)/p-2/t8-,10-,11-,14-/m1/s1. The van der Waals surface area contributed by atoms with Crippen LogP contribution in [0.5, 0.6) is 0 Å². The molecule has 6 atom stereocenters. The number of aliphatic hydroxyl groups excluding tert-OH is 2. The predicted molar refractivity (Wildman–Crippen MR) is 95.1 cm³/mol. The van der Waals surface area contributed by atoms with Gasteiger partial charge in [0.15, 0.2) is 17.4 Å². The zero-order chi connectivity index (χ0) is 22.4. The number of hydrogen-bond acceptors (Lipinski definition) is 13. The molecule has 17 heteroatoms. The molecule has 2 unspecified atom stereocenters. The van der Waals surface area contributed by atoms with E-state index < -0.39 is 52.4 Å². The number of fused-ring (bicyclic) bond motifs is 10. The predicted octanol–water partition coefficient (Wildman–Crippen LogP) is -2.01. The van der Waals surface area contributed by atoms with Crippen LogP contribution >= 0.6 is 15.6 Å². The van der Waals surface area contributed by atoms with E-state index in [1.807, 2.05) is 0 Å². The third-order valence-corrected chi connectivity index (χ3v) is 7.37. The first-order chi connectivity index (χ1) is 14.6. The number of ether oxygens (including phenoxy) is 1. The molecule has 5 heterocycles. The van der Waals surface area contributed by atoms with Gasteiger partial charge < -0.3 is 38.4 Å². The van der Waals surface area contributed by atoms with Gasteiger partial charge in [0.25, 0.3) is 21.2 Å². The van der Waals surface area contributed by atoms with E-state index in [1.165, 1.54) is 6.33 Å². The van der Waals surface area contributed by atoms with E-state index in [-0.39, 0.29) is 24.2 Å². The van der Waals surface area contributed by atoms with Crippen LogP contribution in [0.4, 0.5) is 0 Å². The summed E-state index contributed by atoms with van der Waals surface area (Å²) in [6.45, 7) is -0.937. The summed E-state index contributed by atoms with van der Waals surface area (Å²) in [5.74, 6) is 0. The van der Waals surface area contributed by atoms with E-state index in [1.54, 1.807) is 4.57 Å². The molecule has 2 N–H and O–H groups in total. The average Bonchev–Trinajstić information content (AvgIpc) is 3.21. The number of phosphoric ester groups is 2. The minimum absolute atomic E-state index is 0.00799. The molecule has 0 aromatic carbocycles. The lowest BCUT2D eigenvalue weighted by Crippen LogP contribution is -2.36. The number of aromatic nitrogens is 4. The molecule has 0 spiro atoms. The minimum atomic E-state index is -5.40. The van der Waals surface area contributed by atoms with Crippen molar-refractivity contribution < 1.29 is 47.2 Å². The smallest absolute Gasteiger partial charge is 0.283 e. The lowest BCUT2D eigenvalue weighted by molar-refractivity contribution is -0.245. The van der Waals surface area contributed by atoms with Crippen molar-refractivity contribution in [2.24, 2.45) is 0 Å². The highest BCUT2D eigenvalue weighted by Gasteiger charge is 2.45. The second-order valence-electron chi connectivity index (χ2n) is 6.93. The number of nitrogens with zero attached hydrogens (tertiary/aromatic N) is 4. The van der Waals surface area contributed by atoms with Gasteiger partial charge in [0.05, 0.1) is 19.5 Å². The number of hydrogen-bond donors (Lipinski definition) is 2. The van der Waals surface area contributed by atoms with Crippen molar-refractivity contribution in [1.82, 2.24) is 19.1 Å². The summed E-state index contributed by atoms with van der Waals surface area (Å²) < 4.78 is 44.4. The Kier molecular flexibility index (Phi) is 6.18. The quantitative estimate of drug-likeness (QED) is 0.391. The Bertz CT molecular complexity index is 1120. The molecular formula is C14H18N4O11P2-2. The molecule has 2 aromatic heterocycles. The molecular weight excluding hydrogens is 462 g/mol. The molecule has 2 aromatic rings. The van der Waals surface area contributed by atoms with Crippen LogP contribution in [0, 0.1) is 0 Å². The molecule has 3 aliphatic rings. The van der Waals surface area contributed by atoms with Crippen LogP contribution in [-0.4, -0.2) is 60.8 Å². The van der Waals surface area contributed by atoms with Crippen LogP contribution in [-0.2, 0) is 33.8 Å². The zero-order valence-electron chi connectivity index (χ0n) is 15.8. The number of aliphatic hydroxyl groups is 2. The Morgan fingerprint density at radius 2 is 1.81 bits per heavy atom. The molecule has 0 aliphatic carbocycles. The lowest BCUT2D eigenvalue weighted by atomic mass is 10.1. The van der Waals surface area contributed by atoms with Crippen LogP contribution in [0.25, 0.3) is 11.2 Å². The summed E-state index contributed by atoms with van der Waals surface area (Å²) in [4.78, 5) is 44.6. The molecule has 1 saturated heterocycles. The van der Waals surface area contributed by atoms with E-state index in [0.29, 0.717) is 13.0 Å². The van der Waals surface area contributed by atoms with Gasteiger partial charge in [-0.3, -0.25) is 18.5 Å². The summed E-state index contributed by atoms with van der Waals surface area (Å²) in [5.41, 5.74) is -0.385. The number of phosphoric acid groups is 2. The molecule has 1 fully saturated rings. The fourth-order valence-corrected chi connectivity index (χ4v) is 5.33. The van der Waals surface area contributed by atoms with Gasteiger partial charge in [-0.2, -0.15) is 0 Å². The molecule has 15 nitrogen and oxygen atoms in total. The molecule has 3 aliphatic heterocycles. The van der Waals surface area contributed by atoms with Crippen molar-refractivity contribution in [2.45, 2.75) is 43.9 Å². The largest absolute Gasteiger partial charge is 0.756 e. The van der Waals surface area contributed by atoms with Gasteiger partial charge in [0, 0.05) is 6.54 Å². The van der Waals surface area contributed by atoms with E-state index >= 15 is 0 Å². The first-order valence-corrected chi connectivity index (χ1v) is 12.1. The maximum atomic E-state index is 12.8. The minimum Gasteiger partial charge on any atom is -0.756 e. The highest BCUT2D eigenvalue weighted by molar-refractivity contribution is 7.59. The van der Waals surface area contributed by atoms with Crippen LogP contribution in [0.3, 0.4) is 0 Å². The van der Waals surface area contributed by atoms with E-state index in [4.69, 9.17) is 4.74 Å². The Morgan fingerprint density at radius 1 is 1.06 bits per heavy atom. The Morgan fingerprint density at radius 3 is 2.58 bits per heavy atom. The fourth-order valence-electron chi connectivity index (χ4n) is 3.29. The van der Waals surface area contributed by atoms with E-state index in [9.17, 15) is 33.9 Å². The Hall–Kier alpha value is -1.51. The molecule has 0 saturated carbocycles. The highest BCUT2D eigenvalue weighted by Crippen LogP contribution is 2.55. The molecule has 0 radical (unpaired) electrons. The third-order valence-electron chi connectivity index (χ3n) is 4.80. The van der Waals surface area contributed by atoms with Crippen LogP contribution in [0.1, 0.15) is 19.1 Å². The molecule has 5 rings (SSSR count). The van der Waals surface area contributed by atoms with Crippen molar-refractivity contribution in [3.8, 4) is 0 Å². The summed E-state index contributed by atoms with van der Waals surface area (Å²) >= 11 is 0. The third kappa shape index (κ3) is 4.66. The second kappa shape index (κ2) is 8.45. The van der Waals surface area contributed by atoms with Crippen LogP contribution in [0.15, 0.2) is 17.4 Å². The number of aryl methyl sites for hydroxylation is 1. The number of rotatable bonds is 0. The zero-order valence-corrected chi connectivity index (χ0v) is 17.5. The van der Waals surface area contributed by atoms with Crippen LogP contribution in [0.2, 0.25) is 0 Å². The van der Waals surface area contributed by atoms with E-state index in [2.05, 4.69) is 23.3 Å². The average molecular weight is 480 g/mol. The normalized spacial score (nSPS) is 37.8. The fraction of sp³-hybridized carbons (Fsp3) is 0.643. The van der Waals surface area contributed by atoms with Gasteiger partial charge in [0.2, 0.25) is 0 Å². The topological polar surface area (TPSA) is 210 Å². The highest BCUT2D eigenvalue weighted by atomic mass is 31.3. The summed E-state index contributed by atoms with van der Waals surface area (Å²) in [7, 11) is -10.6. The number of imidazole rings is 1. The summed E-state index contributed by atoms with van der Waals surface area (Å²) in [5, 5.41) is 20.5. The van der Waals surface area contributed by atoms with Gasteiger partial charge in [-0.05, 0) is 12.8 Å². The van der Waals surface area contributed by atoms with Crippen molar-refractivity contribution in [1.29, 1.82) is 0 Å². The Labute approximate surface area is 174 Å². The van der Waals surface area contributed by atoms with Gasteiger partial charge in [-0.1, -0.05) is 0 Å². The van der Waals surface area contributed by atoms with E-state index in [0.717, 1.165) is 10.9 Å². The molecule has 6 bridgehead atoms. The monoisotopic (exact) mass is 480 g/mol. The molecule has 172 valence electrons. The SMILES string of the molecule is O=c1c2ncn3c2ncn1[C@@H]1O[C@H](COP(=O)([O-])OP(=O)([O-])OCCCC3)[C@@H](O)[C@H]1O. The van der Waals surface area contributed by atoms with Gasteiger partial charge in [-0.15, -0.1) is 0 Å². The maximum absolute atomic E-state index is 12.8. The van der Waals surface area contributed by atoms with Gasteiger partial charge in [0.1, 0.15) is 24.6 Å². The molecule has 0 amide bonds. The Balaban J connectivity index is 1.68. The first-order valence-electron chi connectivity index (χ1n) is 9.14. The van der Waals surface area contributed by atoms with Crippen molar-refractivity contribution in [3.05, 3.63) is 23.0 Å². The van der Waals surface area contributed by atoms with Crippen molar-refractivity contribution >= 4 is 26.8 Å². The van der Waals surface area contributed by atoms with Crippen molar-refractivity contribution in [2.75, 3.05) is 13.2 Å². The van der Waals surface area contributed by atoms with Gasteiger partial charge in [-0.25, -0.2) is 14.3 Å². The first kappa shape index (κ1) is 22.7. The summed E-state index contributed by atoms with van der Waals surface area (Å²) in [6.07, 6.45) is -3.06. The lowest BCUT2D eigenvalue weighted by Gasteiger charge is -2.31. The van der Waals surface area contributed by atoms with Gasteiger partial charge >= 0.3 is 0 Å². The van der Waals surface area contributed by atoms with Crippen molar-refractivity contribution in [3.63, 3.8) is 0 Å². The maximum Gasteiger partial charge on any atom is 0.283 e.